The molecule has 0 aromatic carbocycles. The fourth-order valence-corrected chi connectivity index (χ4v) is 2.48. The second-order valence-corrected chi connectivity index (χ2v) is 6.52. The van der Waals surface area contributed by atoms with E-state index in [0.717, 1.165) is 12.8 Å². The number of nitrogens with zero attached hydrogens (tertiary/aromatic N) is 1. The Labute approximate surface area is 175 Å². The van der Waals surface area contributed by atoms with Crippen LogP contribution in [0, 0.1) is 0 Å². The maximum atomic E-state index is 11.5. The number of esters is 1. The number of aliphatic hydroxyl groups is 2. The zero-order valence-electron chi connectivity index (χ0n) is 16.4. The summed E-state index contributed by atoms with van der Waals surface area (Å²) in [5.41, 5.74) is 5.48. The molecule has 1 fully saturated rings. The van der Waals surface area contributed by atoms with E-state index in [1.165, 1.54) is 16.8 Å². The molecule has 0 radical (unpaired) electrons. The number of nitrogens with two attached hydrogens (primary N) is 1. The van der Waals surface area contributed by atoms with Crippen molar-refractivity contribution in [1.82, 2.24) is 0 Å². The number of amides is 1. The predicted octanol–water partition coefficient (Wildman–Crippen LogP) is -1.28. The minimum absolute atomic E-state index is 0.145. The summed E-state index contributed by atoms with van der Waals surface area (Å²) in [6, 6.07) is 3.12. The Morgan fingerprint density at radius 2 is 1.90 bits per heavy atom. The molecular weight excluding hydrogens is 429 g/mol. The van der Waals surface area contributed by atoms with Crippen molar-refractivity contribution < 1.29 is 56.9 Å². The van der Waals surface area contributed by atoms with Crippen molar-refractivity contribution in [1.29, 1.82) is 0 Å². The zero-order chi connectivity index (χ0) is 23.8. The van der Waals surface area contributed by atoms with Gasteiger partial charge in [0.05, 0.1) is 0 Å². The number of carbonyl (C=O) groups is 3. The summed E-state index contributed by atoms with van der Waals surface area (Å²) in [5.74, 6) is -3.99. The molecule has 4 atom stereocenters. The van der Waals surface area contributed by atoms with Gasteiger partial charge in [0.2, 0.25) is 0 Å². The van der Waals surface area contributed by atoms with Crippen molar-refractivity contribution in [3.8, 4) is 0 Å². The molecule has 174 valence electrons. The van der Waals surface area contributed by atoms with Crippen LogP contribution in [-0.4, -0.2) is 59.2 Å². The molecule has 0 unspecified atom stereocenters. The highest BCUT2D eigenvalue weighted by atomic mass is 19.4. The van der Waals surface area contributed by atoms with Crippen LogP contribution in [0.15, 0.2) is 24.5 Å². The number of alkyl halides is 3. The molecule has 2 rings (SSSR count). The fraction of sp³-hybridized carbons (Fsp3) is 0.556. The largest absolute Gasteiger partial charge is 0.542 e. The fourth-order valence-electron chi connectivity index (χ4n) is 2.48. The van der Waals surface area contributed by atoms with E-state index in [1.54, 1.807) is 12.3 Å². The van der Waals surface area contributed by atoms with Gasteiger partial charge in [-0.05, 0) is 12.5 Å². The maximum Gasteiger partial charge on any atom is 0.430 e. The lowest BCUT2D eigenvalue weighted by Gasteiger charge is -2.13. The van der Waals surface area contributed by atoms with Crippen molar-refractivity contribution in [2.75, 3.05) is 6.61 Å². The number of rotatable bonds is 7. The SMILES string of the molecule is CCCCC(=O)OC[C@H]1O[C@@H]([n+]2cccc(C(N)=O)c2)[C@H](O)[C@@H]1O.O=C([O-])C(F)(F)F. The number of primary amides is 1. The smallest absolute Gasteiger partial charge is 0.430 e. The third-order valence-electron chi connectivity index (χ3n) is 4.11. The molecule has 1 amide bonds. The monoisotopic (exact) mass is 452 g/mol. The van der Waals surface area contributed by atoms with E-state index in [-0.39, 0.29) is 18.1 Å². The maximum absolute atomic E-state index is 11.5. The van der Waals surface area contributed by atoms with Gasteiger partial charge in [-0.2, -0.15) is 17.7 Å². The number of pyridine rings is 1. The van der Waals surface area contributed by atoms with Gasteiger partial charge in [0.25, 0.3) is 12.1 Å². The lowest BCUT2D eigenvalue weighted by molar-refractivity contribution is -0.765. The average molecular weight is 452 g/mol. The van der Waals surface area contributed by atoms with Crippen LogP contribution in [0.3, 0.4) is 0 Å². The molecule has 0 bridgehead atoms. The summed E-state index contributed by atoms with van der Waals surface area (Å²) in [6.07, 6.45) is -4.45. The molecule has 1 aromatic heterocycles. The molecule has 0 saturated carbocycles. The van der Waals surface area contributed by atoms with Crippen molar-refractivity contribution in [2.24, 2.45) is 5.73 Å². The first kappa shape index (κ1) is 26.3. The number of hydrogen-bond acceptors (Lipinski definition) is 8. The van der Waals surface area contributed by atoms with E-state index >= 15 is 0 Å². The van der Waals surface area contributed by atoms with E-state index in [1.807, 2.05) is 6.92 Å². The summed E-state index contributed by atoms with van der Waals surface area (Å²) in [4.78, 5) is 31.6. The summed E-state index contributed by atoms with van der Waals surface area (Å²) in [5, 5.41) is 29.0. The average Bonchev–Trinajstić information content (AvgIpc) is 2.99. The molecule has 1 aliphatic heterocycles. The minimum atomic E-state index is -5.19. The highest BCUT2D eigenvalue weighted by Crippen LogP contribution is 2.25. The number of unbranched alkanes of at least 4 members (excludes halogenated alkanes) is 1. The highest BCUT2D eigenvalue weighted by molar-refractivity contribution is 5.92. The van der Waals surface area contributed by atoms with Crippen LogP contribution in [0.2, 0.25) is 0 Å². The van der Waals surface area contributed by atoms with Gasteiger partial charge in [0.1, 0.15) is 30.3 Å². The standard InChI is InChI=1S/C16H22N2O6.C2HF3O2/c1-2-3-6-12(19)23-9-11-13(20)14(21)16(24-11)18-7-4-5-10(8-18)15(17)22;3-2(4,5)1(6)7/h4-5,7-8,11,13-14,16,20-21H,2-3,6,9H2,1H3,(H-,17,22);(H,6,7)/t11-,13-,14-,16-;/m1./s1. The Kier molecular flexibility index (Phi) is 9.81. The van der Waals surface area contributed by atoms with E-state index < -0.39 is 42.6 Å². The minimum Gasteiger partial charge on any atom is -0.542 e. The number of carboxylic acids is 1. The lowest BCUT2D eigenvalue weighted by atomic mass is 10.1. The number of aliphatic carboxylic acids is 1. The Balaban J connectivity index is 0.000000592. The van der Waals surface area contributed by atoms with E-state index in [4.69, 9.17) is 25.1 Å². The van der Waals surface area contributed by atoms with Crippen LogP contribution >= 0.6 is 0 Å². The Bertz CT molecular complexity index is 774. The molecule has 1 aromatic rings. The second-order valence-electron chi connectivity index (χ2n) is 6.52. The zero-order valence-corrected chi connectivity index (χ0v) is 16.4. The van der Waals surface area contributed by atoms with Gasteiger partial charge in [-0.1, -0.05) is 13.3 Å². The van der Waals surface area contributed by atoms with Crippen LogP contribution in [-0.2, 0) is 19.1 Å². The number of aliphatic hydroxyl groups excluding tert-OH is 2. The molecule has 0 spiro atoms. The molecular formula is C18H23F3N2O8. The van der Waals surface area contributed by atoms with Crippen LogP contribution in [0.4, 0.5) is 13.2 Å². The first-order valence-corrected chi connectivity index (χ1v) is 9.14. The predicted molar refractivity (Wildman–Crippen MR) is 92.6 cm³/mol. The normalized spacial score (nSPS) is 22.9. The van der Waals surface area contributed by atoms with Crippen LogP contribution in [0.1, 0.15) is 42.8 Å². The molecule has 1 aliphatic rings. The molecule has 0 aliphatic carbocycles. The highest BCUT2D eigenvalue weighted by Gasteiger charge is 2.48. The summed E-state index contributed by atoms with van der Waals surface area (Å²) >= 11 is 0. The lowest BCUT2D eigenvalue weighted by Crippen LogP contribution is -2.46. The summed E-state index contributed by atoms with van der Waals surface area (Å²) in [6.45, 7) is 1.82. The number of aromatic nitrogens is 1. The molecule has 4 N–H and O–H groups in total. The summed E-state index contributed by atoms with van der Waals surface area (Å²) < 4.78 is 43.7. The number of hydrogen-bond donors (Lipinski definition) is 3. The van der Waals surface area contributed by atoms with Crippen LogP contribution in [0.5, 0.6) is 0 Å². The van der Waals surface area contributed by atoms with Gasteiger partial charge in [-0.25, -0.2) is 0 Å². The van der Waals surface area contributed by atoms with Crippen molar-refractivity contribution in [3.05, 3.63) is 30.1 Å². The third-order valence-corrected chi connectivity index (χ3v) is 4.11. The third kappa shape index (κ3) is 8.11. The van der Waals surface area contributed by atoms with Gasteiger partial charge in [-0.15, -0.1) is 0 Å². The van der Waals surface area contributed by atoms with Crippen molar-refractivity contribution >= 4 is 17.8 Å². The Morgan fingerprint density at radius 1 is 1.29 bits per heavy atom. The van der Waals surface area contributed by atoms with E-state index in [9.17, 15) is 33.0 Å². The van der Waals surface area contributed by atoms with Crippen LogP contribution < -0.4 is 15.4 Å². The van der Waals surface area contributed by atoms with Gasteiger partial charge in [0, 0.05) is 12.5 Å². The quantitative estimate of drug-likeness (QED) is 0.340. The first-order chi connectivity index (χ1) is 14.4. The number of ether oxygens (including phenoxy) is 2. The molecule has 1 saturated heterocycles. The molecule has 31 heavy (non-hydrogen) atoms. The Morgan fingerprint density at radius 3 is 2.42 bits per heavy atom. The van der Waals surface area contributed by atoms with E-state index in [2.05, 4.69) is 0 Å². The number of carboxylic acid groups (broad SMARTS) is 1. The molecule has 2 heterocycles. The first-order valence-electron chi connectivity index (χ1n) is 9.14. The van der Waals surface area contributed by atoms with Gasteiger partial charge < -0.3 is 35.3 Å². The van der Waals surface area contributed by atoms with Gasteiger partial charge >= 0.3 is 12.1 Å². The number of halogens is 3. The van der Waals surface area contributed by atoms with Crippen molar-refractivity contribution in [2.45, 2.75) is 56.9 Å². The van der Waals surface area contributed by atoms with Crippen LogP contribution in [0.25, 0.3) is 0 Å². The molecule has 10 nitrogen and oxygen atoms in total. The van der Waals surface area contributed by atoms with Gasteiger partial charge in [-0.3, -0.25) is 9.59 Å². The topological polar surface area (TPSA) is 163 Å². The molecule has 13 heteroatoms. The number of carbonyl (C=O) groups excluding carboxylic acids is 3. The second kappa shape index (κ2) is 11.6. The van der Waals surface area contributed by atoms with Crippen molar-refractivity contribution in [3.63, 3.8) is 0 Å². The van der Waals surface area contributed by atoms with E-state index in [0.29, 0.717) is 6.42 Å². The summed E-state index contributed by atoms with van der Waals surface area (Å²) in [7, 11) is 0. The Hall–Kier alpha value is -2.77. The van der Waals surface area contributed by atoms with Gasteiger partial charge in [0.15, 0.2) is 18.5 Å².